The molecular weight excluding hydrogens is 180 g/mol. The van der Waals surface area contributed by atoms with Crippen molar-refractivity contribution in [2.45, 2.75) is 51.9 Å². The molecule has 0 rings (SSSR count). The van der Waals surface area contributed by atoms with Crippen molar-refractivity contribution in [1.82, 2.24) is 0 Å². The number of aliphatic hydroxyl groups excluding tert-OH is 1. The van der Waals surface area contributed by atoms with Crippen LogP contribution in [0, 0.1) is 0 Å². The van der Waals surface area contributed by atoms with Crippen molar-refractivity contribution in [2.75, 3.05) is 13.2 Å². The Balaban J connectivity index is 3.10. The maximum Gasteiger partial charge on any atom is 0.305 e. The van der Waals surface area contributed by atoms with Crippen LogP contribution in [0.2, 0.25) is 0 Å². The van der Waals surface area contributed by atoms with E-state index in [0.717, 1.165) is 38.5 Å². The highest BCUT2D eigenvalue weighted by molar-refractivity contribution is 5.69. The molecule has 0 atom stereocenters. The lowest BCUT2D eigenvalue weighted by Gasteiger charge is -2.03. The second kappa shape index (κ2) is 10.5. The van der Waals surface area contributed by atoms with Crippen molar-refractivity contribution in [2.24, 2.45) is 0 Å². The van der Waals surface area contributed by atoms with Crippen LogP contribution in [0.1, 0.15) is 51.9 Å². The number of unbranched alkanes of at least 4 members (excludes halogenated alkanes) is 4. The zero-order chi connectivity index (χ0) is 10.6. The number of esters is 1. The van der Waals surface area contributed by atoms with Crippen LogP contribution < -0.4 is 0 Å². The van der Waals surface area contributed by atoms with Gasteiger partial charge in [-0.25, -0.2) is 0 Å². The van der Waals surface area contributed by atoms with Gasteiger partial charge in [-0.2, -0.15) is 0 Å². The van der Waals surface area contributed by atoms with E-state index in [-0.39, 0.29) is 12.6 Å². The molecule has 0 aromatic carbocycles. The van der Waals surface area contributed by atoms with Crippen molar-refractivity contribution >= 4 is 5.97 Å². The average molecular weight is 202 g/mol. The number of hydrogen-bond acceptors (Lipinski definition) is 3. The van der Waals surface area contributed by atoms with E-state index in [1.807, 2.05) is 0 Å². The minimum atomic E-state index is -0.0811. The summed E-state index contributed by atoms with van der Waals surface area (Å²) in [5.74, 6) is -0.0811. The van der Waals surface area contributed by atoms with Gasteiger partial charge in [-0.3, -0.25) is 4.79 Å². The molecule has 0 amide bonds. The van der Waals surface area contributed by atoms with Gasteiger partial charge in [0, 0.05) is 13.0 Å². The highest BCUT2D eigenvalue weighted by Gasteiger charge is 2.01. The molecule has 0 unspecified atom stereocenters. The molecule has 0 fully saturated rings. The molecule has 0 aromatic heterocycles. The minimum absolute atomic E-state index is 0.0811. The summed E-state index contributed by atoms with van der Waals surface area (Å²) in [5, 5.41) is 8.51. The Hall–Kier alpha value is -0.570. The van der Waals surface area contributed by atoms with Gasteiger partial charge in [-0.15, -0.1) is 0 Å². The molecule has 84 valence electrons. The molecule has 3 nitrogen and oxygen atoms in total. The normalized spacial score (nSPS) is 10.1. The molecule has 0 radical (unpaired) electrons. The van der Waals surface area contributed by atoms with E-state index in [1.165, 1.54) is 0 Å². The average Bonchev–Trinajstić information content (AvgIpc) is 2.18. The second-order valence-corrected chi connectivity index (χ2v) is 3.46. The lowest BCUT2D eigenvalue weighted by molar-refractivity contribution is -0.143. The number of rotatable bonds is 9. The minimum Gasteiger partial charge on any atom is -0.466 e. The predicted molar refractivity (Wildman–Crippen MR) is 56.0 cm³/mol. The Morgan fingerprint density at radius 1 is 1.14 bits per heavy atom. The summed E-state index contributed by atoms with van der Waals surface area (Å²) in [4.78, 5) is 11.1. The third-order valence-corrected chi connectivity index (χ3v) is 2.05. The highest BCUT2D eigenvalue weighted by atomic mass is 16.5. The molecular formula is C11H22O3. The van der Waals surface area contributed by atoms with Crippen LogP contribution in [-0.4, -0.2) is 24.3 Å². The zero-order valence-electron chi connectivity index (χ0n) is 9.13. The largest absolute Gasteiger partial charge is 0.466 e. The summed E-state index contributed by atoms with van der Waals surface area (Å²) < 4.78 is 5.01. The Morgan fingerprint density at radius 3 is 2.57 bits per heavy atom. The van der Waals surface area contributed by atoms with Crippen LogP contribution >= 0.6 is 0 Å². The fraction of sp³-hybridized carbons (Fsp3) is 0.909. The molecule has 0 aliphatic heterocycles. The predicted octanol–water partition coefficient (Wildman–Crippen LogP) is 2.27. The Labute approximate surface area is 86.5 Å². The van der Waals surface area contributed by atoms with Gasteiger partial charge in [0.05, 0.1) is 6.61 Å². The third-order valence-electron chi connectivity index (χ3n) is 2.05. The van der Waals surface area contributed by atoms with Crippen LogP contribution in [0.25, 0.3) is 0 Å². The number of hydrogen-bond donors (Lipinski definition) is 1. The number of carbonyl (C=O) groups is 1. The first-order valence-electron chi connectivity index (χ1n) is 5.57. The van der Waals surface area contributed by atoms with Gasteiger partial charge in [0.2, 0.25) is 0 Å². The Bertz CT molecular complexity index is 134. The van der Waals surface area contributed by atoms with Crippen LogP contribution in [0.15, 0.2) is 0 Å². The summed E-state index contributed by atoms with van der Waals surface area (Å²) in [6.07, 6.45) is 6.30. The summed E-state index contributed by atoms with van der Waals surface area (Å²) in [6, 6.07) is 0. The summed E-state index contributed by atoms with van der Waals surface area (Å²) in [5.41, 5.74) is 0. The zero-order valence-corrected chi connectivity index (χ0v) is 9.13. The lowest BCUT2D eigenvalue weighted by Crippen LogP contribution is -2.05. The van der Waals surface area contributed by atoms with E-state index in [9.17, 15) is 4.79 Å². The molecule has 0 spiro atoms. The van der Waals surface area contributed by atoms with Gasteiger partial charge >= 0.3 is 5.97 Å². The van der Waals surface area contributed by atoms with Gasteiger partial charge in [0.15, 0.2) is 0 Å². The number of aliphatic hydroxyl groups is 1. The van der Waals surface area contributed by atoms with E-state index < -0.39 is 0 Å². The van der Waals surface area contributed by atoms with Crippen molar-refractivity contribution in [3.05, 3.63) is 0 Å². The Morgan fingerprint density at radius 2 is 1.93 bits per heavy atom. The van der Waals surface area contributed by atoms with Crippen molar-refractivity contribution in [1.29, 1.82) is 0 Å². The molecule has 1 N–H and O–H groups in total. The molecule has 0 saturated carbocycles. The maximum absolute atomic E-state index is 11.1. The molecule has 0 aliphatic rings. The topological polar surface area (TPSA) is 46.5 Å². The molecule has 0 aromatic rings. The summed E-state index contributed by atoms with van der Waals surface area (Å²) in [7, 11) is 0. The second-order valence-electron chi connectivity index (χ2n) is 3.46. The summed E-state index contributed by atoms with van der Waals surface area (Å²) in [6.45, 7) is 2.84. The van der Waals surface area contributed by atoms with Gasteiger partial charge < -0.3 is 9.84 Å². The van der Waals surface area contributed by atoms with Crippen molar-refractivity contribution in [3.63, 3.8) is 0 Å². The molecule has 0 aliphatic carbocycles. The van der Waals surface area contributed by atoms with E-state index in [2.05, 4.69) is 6.92 Å². The maximum atomic E-state index is 11.1. The summed E-state index contributed by atoms with van der Waals surface area (Å²) >= 11 is 0. The molecule has 0 saturated heterocycles. The number of ether oxygens (including phenoxy) is 1. The van der Waals surface area contributed by atoms with Gasteiger partial charge in [0.25, 0.3) is 0 Å². The van der Waals surface area contributed by atoms with Crippen LogP contribution in [0.3, 0.4) is 0 Å². The molecule has 0 bridgehead atoms. The standard InChI is InChI=1S/C11H22O3/c1-2-3-5-8-11(13)14-10-7-4-6-9-12/h12H,2-10H2,1H3. The molecule has 0 heterocycles. The van der Waals surface area contributed by atoms with Crippen LogP contribution in [0.5, 0.6) is 0 Å². The van der Waals surface area contributed by atoms with Gasteiger partial charge in [-0.05, 0) is 25.7 Å². The van der Waals surface area contributed by atoms with E-state index in [0.29, 0.717) is 13.0 Å². The van der Waals surface area contributed by atoms with E-state index in [1.54, 1.807) is 0 Å². The van der Waals surface area contributed by atoms with E-state index in [4.69, 9.17) is 9.84 Å². The molecule has 3 heteroatoms. The van der Waals surface area contributed by atoms with Crippen LogP contribution in [0.4, 0.5) is 0 Å². The highest BCUT2D eigenvalue weighted by Crippen LogP contribution is 2.01. The smallest absolute Gasteiger partial charge is 0.305 e. The van der Waals surface area contributed by atoms with Gasteiger partial charge in [0.1, 0.15) is 0 Å². The Kier molecular flexibility index (Phi) is 10.1. The first-order valence-corrected chi connectivity index (χ1v) is 5.57. The monoisotopic (exact) mass is 202 g/mol. The third kappa shape index (κ3) is 9.52. The van der Waals surface area contributed by atoms with Crippen molar-refractivity contribution < 1.29 is 14.6 Å². The quantitative estimate of drug-likeness (QED) is 0.461. The SMILES string of the molecule is CCCCCC(=O)OCCCCCO. The van der Waals surface area contributed by atoms with Crippen molar-refractivity contribution in [3.8, 4) is 0 Å². The number of carbonyl (C=O) groups excluding carboxylic acids is 1. The molecule has 14 heavy (non-hydrogen) atoms. The fourth-order valence-corrected chi connectivity index (χ4v) is 1.17. The van der Waals surface area contributed by atoms with Crippen LogP contribution in [-0.2, 0) is 9.53 Å². The van der Waals surface area contributed by atoms with Gasteiger partial charge in [-0.1, -0.05) is 19.8 Å². The lowest BCUT2D eigenvalue weighted by atomic mass is 10.2. The first kappa shape index (κ1) is 13.4. The van der Waals surface area contributed by atoms with E-state index >= 15 is 0 Å². The first-order chi connectivity index (χ1) is 6.81. The fourth-order valence-electron chi connectivity index (χ4n) is 1.17.